The highest BCUT2D eigenvalue weighted by Crippen LogP contribution is 2.16. The van der Waals surface area contributed by atoms with Crippen molar-refractivity contribution in [2.75, 3.05) is 13.6 Å². The average molecular weight is 268 g/mol. The average Bonchev–Trinajstić information content (AvgIpc) is 2.84. The Morgan fingerprint density at radius 3 is 2.83 bits per heavy atom. The van der Waals surface area contributed by atoms with Crippen LogP contribution in [-0.4, -0.2) is 33.8 Å². The van der Waals surface area contributed by atoms with Gasteiger partial charge in [-0.05, 0) is 36.5 Å². The van der Waals surface area contributed by atoms with E-state index in [0.717, 1.165) is 12.3 Å². The summed E-state index contributed by atoms with van der Waals surface area (Å²) in [5, 5.41) is 15.7. The van der Waals surface area contributed by atoms with E-state index in [9.17, 15) is 0 Å². The second-order valence-electron chi connectivity index (χ2n) is 3.65. The summed E-state index contributed by atoms with van der Waals surface area (Å²) in [7, 11) is 1.88. The molecule has 6 nitrogen and oxygen atoms in total. The van der Waals surface area contributed by atoms with Gasteiger partial charge in [0, 0.05) is 11.6 Å². The van der Waals surface area contributed by atoms with E-state index in [1.807, 2.05) is 7.05 Å². The van der Waals surface area contributed by atoms with Gasteiger partial charge in [0.25, 0.3) is 0 Å². The van der Waals surface area contributed by atoms with Gasteiger partial charge in [0.1, 0.15) is 5.75 Å². The summed E-state index contributed by atoms with van der Waals surface area (Å²) in [6.07, 6.45) is 0. The van der Waals surface area contributed by atoms with Gasteiger partial charge in [0.15, 0.2) is 6.61 Å². The molecule has 7 heteroatoms. The van der Waals surface area contributed by atoms with Gasteiger partial charge in [-0.1, -0.05) is 11.6 Å². The lowest BCUT2D eigenvalue weighted by Gasteiger charge is -2.02. The summed E-state index contributed by atoms with van der Waals surface area (Å²) in [4.78, 5) is 1.54. The van der Waals surface area contributed by atoms with Gasteiger partial charge in [-0.25, -0.2) is 0 Å². The number of aromatic nitrogens is 4. The molecule has 0 saturated heterocycles. The lowest BCUT2D eigenvalue weighted by molar-refractivity contribution is 0.295. The minimum Gasteiger partial charge on any atom is -0.485 e. The fraction of sp³-hybridized carbons (Fsp3) is 0.364. The van der Waals surface area contributed by atoms with Gasteiger partial charge in [-0.15, -0.1) is 10.2 Å². The Kier molecular flexibility index (Phi) is 4.49. The zero-order valence-corrected chi connectivity index (χ0v) is 10.8. The van der Waals surface area contributed by atoms with E-state index < -0.39 is 0 Å². The maximum Gasteiger partial charge on any atom is 0.212 e. The predicted molar refractivity (Wildman–Crippen MR) is 67.5 cm³/mol. The highest BCUT2D eigenvalue weighted by molar-refractivity contribution is 6.30. The number of nitrogens with zero attached hydrogens (tertiary/aromatic N) is 4. The fourth-order valence-electron chi connectivity index (χ4n) is 1.32. The number of tetrazole rings is 1. The van der Waals surface area contributed by atoms with Gasteiger partial charge in [0.2, 0.25) is 5.82 Å². The van der Waals surface area contributed by atoms with Gasteiger partial charge >= 0.3 is 0 Å². The van der Waals surface area contributed by atoms with Crippen LogP contribution in [0.5, 0.6) is 5.75 Å². The van der Waals surface area contributed by atoms with Crippen LogP contribution >= 0.6 is 11.6 Å². The molecule has 0 unspecified atom stereocenters. The molecular weight excluding hydrogens is 254 g/mol. The van der Waals surface area contributed by atoms with Crippen molar-refractivity contribution in [2.45, 2.75) is 13.2 Å². The molecule has 0 bridgehead atoms. The monoisotopic (exact) mass is 267 g/mol. The third-order valence-corrected chi connectivity index (χ3v) is 2.49. The van der Waals surface area contributed by atoms with Crippen molar-refractivity contribution >= 4 is 11.6 Å². The molecule has 0 aliphatic carbocycles. The summed E-state index contributed by atoms with van der Waals surface area (Å²) < 4.78 is 5.51. The largest absolute Gasteiger partial charge is 0.485 e. The maximum absolute atomic E-state index is 5.78. The molecule has 0 fully saturated rings. The van der Waals surface area contributed by atoms with Crippen molar-refractivity contribution in [1.29, 1.82) is 0 Å². The third kappa shape index (κ3) is 3.68. The summed E-state index contributed by atoms with van der Waals surface area (Å²) in [5.74, 6) is 1.28. The Morgan fingerprint density at radius 2 is 2.11 bits per heavy atom. The molecule has 0 radical (unpaired) electrons. The van der Waals surface area contributed by atoms with E-state index in [1.165, 1.54) is 4.80 Å². The number of nitrogens with one attached hydrogen (secondary N) is 1. The van der Waals surface area contributed by atoms with E-state index in [-0.39, 0.29) is 0 Å². The topological polar surface area (TPSA) is 64.9 Å². The van der Waals surface area contributed by atoms with E-state index in [1.54, 1.807) is 24.3 Å². The molecule has 0 aliphatic heterocycles. The van der Waals surface area contributed by atoms with Gasteiger partial charge in [-0.2, -0.15) is 4.80 Å². The molecule has 96 valence electrons. The summed E-state index contributed by atoms with van der Waals surface area (Å²) in [5.41, 5.74) is 0. The first kappa shape index (κ1) is 12.8. The molecule has 0 atom stereocenters. The SMILES string of the molecule is CNCCn1nnc(COc2ccc(Cl)cc2)n1. The first-order valence-electron chi connectivity index (χ1n) is 5.57. The van der Waals surface area contributed by atoms with Crippen LogP contribution in [0.25, 0.3) is 0 Å². The summed E-state index contributed by atoms with van der Waals surface area (Å²) in [6, 6.07) is 7.14. The molecule has 1 heterocycles. The number of ether oxygens (including phenoxy) is 1. The first-order valence-corrected chi connectivity index (χ1v) is 5.95. The number of rotatable bonds is 6. The van der Waals surface area contributed by atoms with Crippen LogP contribution < -0.4 is 10.1 Å². The van der Waals surface area contributed by atoms with Crippen molar-refractivity contribution in [3.05, 3.63) is 35.1 Å². The minimum atomic E-state index is 0.293. The second kappa shape index (κ2) is 6.32. The first-order chi connectivity index (χ1) is 8.78. The Morgan fingerprint density at radius 1 is 1.33 bits per heavy atom. The third-order valence-electron chi connectivity index (χ3n) is 2.24. The summed E-state index contributed by atoms with van der Waals surface area (Å²) in [6.45, 7) is 1.78. The standard InChI is InChI=1S/C11H14ClN5O/c1-13-6-7-17-15-11(14-16-17)8-18-10-4-2-9(12)3-5-10/h2-5,13H,6-8H2,1H3. The van der Waals surface area contributed by atoms with Crippen molar-refractivity contribution in [1.82, 2.24) is 25.5 Å². The van der Waals surface area contributed by atoms with Crippen molar-refractivity contribution in [3.8, 4) is 5.75 Å². The van der Waals surface area contributed by atoms with Gasteiger partial charge in [0.05, 0.1) is 6.54 Å². The lowest BCUT2D eigenvalue weighted by Crippen LogP contribution is -2.16. The van der Waals surface area contributed by atoms with E-state index >= 15 is 0 Å². The number of hydrogen-bond acceptors (Lipinski definition) is 5. The maximum atomic E-state index is 5.78. The van der Waals surface area contributed by atoms with Gasteiger partial charge < -0.3 is 10.1 Å². The molecule has 2 rings (SSSR count). The fourth-order valence-corrected chi connectivity index (χ4v) is 1.45. The normalized spacial score (nSPS) is 10.6. The van der Waals surface area contributed by atoms with Crippen LogP contribution in [0.1, 0.15) is 5.82 Å². The highest BCUT2D eigenvalue weighted by atomic mass is 35.5. The lowest BCUT2D eigenvalue weighted by atomic mass is 10.3. The van der Waals surface area contributed by atoms with Crippen molar-refractivity contribution in [2.24, 2.45) is 0 Å². The molecule has 1 aromatic heterocycles. The molecule has 1 N–H and O–H groups in total. The molecule has 0 saturated carbocycles. The number of hydrogen-bond donors (Lipinski definition) is 1. The van der Waals surface area contributed by atoms with E-state index in [4.69, 9.17) is 16.3 Å². The Labute approximate surface area is 110 Å². The molecule has 0 aliphatic rings. The molecule has 18 heavy (non-hydrogen) atoms. The van der Waals surface area contributed by atoms with Crippen LogP contribution in [0.15, 0.2) is 24.3 Å². The van der Waals surface area contributed by atoms with Gasteiger partial charge in [-0.3, -0.25) is 0 Å². The molecule has 1 aromatic carbocycles. The Bertz CT molecular complexity index is 484. The quantitative estimate of drug-likeness (QED) is 0.850. The zero-order valence-electron chi connectivity index (χ0n) is 10.0. The van der Waals surface area contributed by atoms with Crippen LogP contribution in [0.4, 0.5) is 0 Å². The molecule has 2 aromatic rings. The molecule has 0 spiro atoms. The Hall–Kier alpha value is -1.66. The highest BCUT2D eigenvalue weighted by Gasteiger charge is 2.03. The number of benzene rings is 1. The van der Waals surface area contributed by atoms with Crippen LogP contribution in [0.2, 0.25) is 5.02 Å². The van der Waals surface area contributed by atoms with Crippen molar-refractivity contribution < 1.29 is 4.74 Å². The molecule has 0 amide bonds. The smallest absolute Gasteiger partial charge is 0.212 e. The van der Waals surface area contributed by atoms with Crippen LogP contribution in [-0.2, 0) is 13.2 Å². The van der Waals surface area contributed by atoms with Crippen LogP contribution in [0, 0.1) is 0 Å². The predicted octanol–water partition coefficient (Wildman–Crippen LogP) is 1.12. The number of likely N-dealkylation sites (N-methyl/N-ethyl adjacent to an activating group) is 1. The van der Waals surface area contributed by atoms with Crippen LogP contribution in [0.3, 0.4) is 0 Å². The minimum absolute atomic E-state index is 0.293. The van der Waals surface area contributed by atoms with E-state index in [0.29, 0.717) is 24.0 Å². The van der Waals surface area contributed by atoms with E-state index in [2.05, 4.69) is 20.7 Å². The zero-order chi connectivity index (χ0) is 12.8. The van der Waals surface area contributed by atoms with Crippen molar-refractivity contribution in [3.63, 3.8) is 0 Å². The second-order valence-corrected chi connectivity index (χ2v) is 4.08. The Balaban J connectivity index is 1.86. The number of halogens is 1. The summed E-state index contributed by atoms with van der Waals surface area (Å²) >= 11 is 5.78. The molecular formula is C11H14ClN5O.